The Kier molecular flexibility index (Phi) is 4.76. The maximum absolute atomic E-state index is 12.8. The second-order valence-corrected chi connectivity index (χ2v) is 5.73. The van der Waals surface area contributed by atoms with Gasteiger partial charge in [-0.2, -0.15) is 8.78 Å². The molecule has 112 valence electrons. The third-order valence-electron chi connectivity index (χ3n) is 2.02. The lowest BCUT2D eigenvalue weighted by Gasteiger charge is -2.11. The largest absolute Gasteiger partial charge is 0.427 e. The zero-order chi connectivity index (χ0) is 15.7. The lowest BCUT2D eigenvalue weighted by atomic mass is 10.1. The van der Waals surface area contributed by atoms with E-state index >= 15 is 0 Å². The Morgan fingerprint density at radius 1 is 1.25 bits per heavy atom. The third-order valence-corrected chi connectivity index (χ3v) is 3.40. The molecule has 0 aliphatic heterocycles. The second kappa shape index (κ2) is 5.79. The number of hydrogen-bond donors (Lipinski definition) is 0. The molecule has 0 N–H and O–H groups in total. The van der Waals surface area contributed by atoms with E-state index in [9.17, 15) is 36.1 Å². The quantitative estimate of drug-likeness (QED) is 0.357. The number of rotatable bonds is 5. The Hall–Kier alpha value is -1.62. The molecular weight excluding hydrogens is 334 g/mol. The van der Waals surface area contributed by atoms with Crippen LogP contribution in [0.25, 0.3) is 0 Å². The number of halogens is 5. The van der Waals surface area contributed by atoms with Crippen molar-refractivity contribution < 1.29 is 35.6 Å². The van der Waals surface area contributed by atoms with Gasteiger partial charge < -0.3 is 4.74 Å². The van der Waals surface area contributed by atoms with Crippen LogP contribution in [0.5, 0.6) is 5.75 Å². The van der Waals surface area contributed by atoms with Crippen LogP contribution in [-0.2, 0) is 9.05 Å². The molecule has 0 bridgehead atoms. The van der Waals surface area contributed by atoms with Gasteiger partial charge in [0.25, 0.3) is 15.5 Å². The van der Waals surface area contributed by atoms with Gasteiger partial charge >= 0.3 is 12.3 Å². The Balaban J connectivity index is 3.72. The van der Waals surface area contributed by atoms with Crippen molar-refractivity contribution in [2.45, 2.75) is 17.9 Å². The number of benzene rings is 1. The first kappa shape index (κ1) is 16.4. The number of ether oxygens (including phenoxy) is 1. The van der Waals surface area contributed by atoms with Crippen molar-refractivity contribution in [2.24, 2.45) is 0 Å². The van der Waals surface area contributed by atoms with E-state index in [-0.39, 0.29) is 0 Å². The average Bonchev–Trinajstić information content (AvgIpc) is 2.25. The molecule has 0 radical (unpaired) electrons. The zero-order valence-electron chi connectivity index (χ0n) is 9.10. The van der Waals surface area contributed by atoms with E-state index in [0.717, 1.165) is 0 Å². The summed E-state index contributed by atoms with van der Waals surface area (Å²) in [5, 5.41) is 10.7. The van der Waals surface area contributed by atoms with Gasteiger partial charge in [0, 0.05) is 10.7 Å². The van der Waals surface area contributed by atoms with E-state index in [2.05, 4.69) is 4.74 Å². The zero-order valence-corrected chi connectivity index (χ0v) is 10.7. The predicted molar refractivity (Wildman–Crippen MR) is 57.7 cm³/mol. The summed E-state index contributed by atoms with van der Waals surface area (Å²) >= 11 is 0. The molecule has 6 nitrogen and oxygen atoms in total. The van der Waals surface area contributed by atoms with Crippen molar-refractivity contribution in [1.29, 1.82) is 0 Å². The maximum Gasteiger partial charge on any atom is 0.387 e. The van der Waals surface area contributed by atoms with Crippen LogP contribution < -0.4 is 4.74 Å². The fraction of sp³-hybridized carbons (Fsp3) is 0.250. The van der Waals surface area contributed by atoms with Gasteiger partial charge in [-0.25, -0.2) is 17.2 Å². The predicted octanol–water partition coefficient (Wildman–Crippen LogP) is 3.06. The molecule has 0 aliphatic rings. The van der Waals surface area contributed by atoms with E-state index in [0.29, 0.717) is 12.1 Å². The van der Waals surface area contributed by atoms with Gasteiger partial charge in [0.15, 0.2) is 0 Å². The molecule has 0 heterocycles. The number of hydrogen-bond acceptors (Lipinski definition) is 5. The van der Waals surface area contributed by atoms with Crippen molar-refractivity contribution in [3.8, 4) is 5.75 Å². The van der Waals surface area contributed by atoms with E-state index in [1.807, 2.05) is 0 Å². The van der Waals surface area contributed by atoms with Crippen molar-refractivity contribution in [3.63, 3.8) is 0 Å². The Bertz CT molecular complexity index is 636. The standard InChI is InChI=1S/C8H4ClF4NO5S/c9-20(17,18)4-2-1-3(19-8(12)13)6(14(15)16)5(4)7(10)11/h1-2,7-8H. The van der Waals surface area contributed by atoms with E-state index in [4.69, 9.17) is 10.7 Å². The molecule has 0 saturated heterocycles. The van der Waals surface area contributed by atoms with Gasteiger partial charge in [0.05, 0.1) is 9.82 Å². The van der Waals surface area contributed by atoms with E-state index < -0.39 is 48.9 Å². The summed E-state index contributed by atoms with van der Waals surface area (Å²) in [6.45, 7) is -3.52. The molecule has 1 aromatic carbocycles. The molecule has 0 unspecified atom stereocenters. The Labute approximate surface area is 113 Å². The van der Waals surface area contributed by atoms with Crippen LogP contribution in [-0.4, -0.2) is 20.0 Å². The first-order valence-electron chi connectivity index (χ1n) is 4.54. The normalized spacial score (nSPS) is 11.9. The highest BCUT2D eigenvalue weighted by molar-refractivity contribution is 8.13. The van der Waals surface area contributed by atoms with Crippen LogP contribution in [0.15, 0.2) is 17.0 Å². The summed E-state index contributed by atoms with van der Waals surface area (Å²) in [7, 11) is 0.135. The fourth-order valence-electron chi connectivity index (χ4n) is 1.37. The number of nitro groups is 1. The molecule has 0 spiro atoms. The number of alkyl halides is 4. The second-order valence-electron chi connectivity index (χ2n) is 3.20. The SMILES string of the molecule is O=[N+]([O-])c1c(OC(F)F)ccc(S(=O)(=O)Cl)c1C(F)F. The van der Waals surface area contributed by atoms with Crippen LogP contribution in [0.2, 0.25) is 0 Å². The first-order chi connectivity index (χ1) is 9.05. The van der Waals surface area contributed by atoms with Crippen LogP contribution in [0, 0.1) is 10.1 Å². The van der Waals surface area contributed by atoms with Crippen molar-refractivity contribution >= 4 is 25.4 Å². The molecule has 0 aromatic heterocycles. The molecular formula is C8H4ClF4NO5S. The molecule has 12 heteroatoms. The van der Waals surface area contributed by atoms with Crippen molar-refractivity contribution in [2.75, 3.05) is 0 Å². The van der Waals surface area contributed by atoms with Crippen LogP contribution in [0.1, 0.15) is 12.0 Å². The maximum atomic E-state index is 12.8. The first-order valence-corrected chi connectivity index (χ1v) is 6.85. The van der Waals surface area contributed by atoms with Gasteiger partial charge in [-0.1, -0.05) is 0 Å². The van der Waals surface area contributed by atoms with Gasteiger partial charge in [-0.15, -0.1) is 0 Å². The van der Waals surface area contributed by atoms with Crippen LogP contribution >= 0.6 is 10.7 Å². The molecule has 20 heavy (non-hydrogen) atoms. The highest BCUT2D eigenvalue weighted by Gasteiger charge is 2.35. The molecule has 0 fully saturated rings. The van der Waals surface area contributed by atoms with Crippen LogP contribution in [0.3, 0.4) is 0 Å². The Morgan fingerprint density at radius 2 is 1.80 bits per heavy atom. The number of nitrogens with zero attached hydrogens (tertiary/aromatic N) is 1. The molecule has 1 rings (SSSR count). The lowest BCUT2D eigenvalue weighted by Crippen LogP contribution is -2.09. The minimum atomic E-state index is -4.74. The highest BCUT2D eigenvalue weighted by atomic mass is 35.7. The Morgan fingerprint density at radius 3 is 2.15 bits per heavy atom. The summed E-state index contributed by atoms with van der Waals surface area (Å²) in [6, 6.07) is 0.875. The highest BCUT2D eigenvalue weighted by Crippen LogP contribution is 2.42. The van der Waals surface area contributed by atoms with Gasteiger partial charge in [0.1, 0.15) is 5.56 Å². The monoisotopic (exact) mass is 337 g/mol. The summed E-state index contributed by atoms with van der Waals surface area (Å²) in [6.07, 6.45) is -3.64. The van der Waals surface area contributed by atoms with E-state index in [1.165, 1.54) is 0 Å². The lowest BCUT2D eigenvalue weighted by molar-refractivity contribution is -0.388. The summed E-state index contributed by atoms with van der Waals surface area (Å²) in [5.41, 5.74) is -3.19. The van der Waals surface area contributed by atoms with Crippen LogP contribution in [0.4, 0.5) is 23.2 Å². The molecule has 0 atom stereocenters. The van der Waals surface area contributed by atoms with Gasteiger partial charge in [-0.3, -0.25) is 10.1 Å². The topological polar surface area (TPSA) is 86.5 Å². The van der Waals surface area contributed by atoms with Gasteiger partial charge in [-0.05, 0) is 12.1 Å². The summed E-state index contributed by atoms with van der Waals surface area (Å²) in [5.74, 6) is -1.19. The van der Waals surface area contributed by atoms with E-state index in [1.54, 1.807) is 0 Å². The average molecular weight is 338 g/mol. The summed E-state index contributed by atoms with van der Waals surface area (Å²) < 4.78 is 75.7. The fourth-order valence-corrected chi connectivity index (χ4v) is 2.46. The van der Waals surface area contributed by atoms with Gasteiger partial charge in [0.2, 0.25) is 5.75 Å². The number of nitro benzene ring substituents is 1. The smallest absolute Gasteiger partial charge is 0.387 e. The van der Waals surface area contributed by atoms with Crippen molar-refractivity contribution in [1.82, 2.24) is 0 Å². The minimum Gasteiger partial charge on any atom is -0.427 e. The minimum absolute atomic E-state index is 0.425. The molecule has 0 aliphatic carbocycles. The molecule has 1 aromatic rings. The molecule has 0 amide bonds. The third kappa shape index (κ3) is 3.48. The summed E-state index contributed by atoms with van der Waals surface area (Å²) in [4.78, 5) is 8.02. The molecule has 0 saturated carbocycles. The van der Waals surface area contributed by atoms with Crippen molar-refractivity contribution in [3.05, 3.63) is 27.8 Å².